The number of benzene rings is 1. The van der Waals surface area contributed by atoms with Crippen molar-refractivity contribution in [2.75, 3.05) is 0 Å². The van der Waals surface area contributed by atoms with Crippen LogP contribution in [0.2, 0.25) is 5.02 Å². The molecule has 0 saturated carbocycles. The molecule has 1 aromatic carbocycles. The largest absolute Gasteiger partial charge is 0.464 e. The number of hydrogen-bond acceptors (Lipinski definition) is 5. The van der Waals surface area contributed by atoms with Gasteiger partial charge in [0, 0.05) is 21.4 Å². The van der Waals surface area contributed by atoms with E-state index in [2.05, 4.69) is 10.5 Å². The second kappa shape index (κ2) is 7.42. The number of rotatable bonds is 5. The third kappa shape index (κ3) is 3.54. The minimum absolute atomic E-state index is 0.253. The van der Waals surface area contributed by atoms with Crippen LogP contribution in [0.5, 0.6) is 0 Å². The first-order valence-electron chi connectivity index (χ1n) is 8.24. The molecule has 0 aliphatic carbocycles. The zero-order chi connectivity index (χ0) is 18.8. The quantitative estimate of drug-likeness (QED) is 0.478. The van der Waals surface area contributed by atoms with Crippen molar-refractivity contribution < 1.29 is 13.7 Å². The first kappa shape index (κ1) is 17.6. The number of hydrogen-bond donors (Lipinski definition) is 1. The number of aromatic nitrogens is 1. The Kier molecular flexibility index (Phi) is 4.83. The van der Waals surface area contributed by atoms with E-state index in [0.29, 0.717) is 34.1 Å². The molecule has 136 valence electrons. The van der Waals surface area contributed by atoms with Gasteiger partial charge in [0.05, 0.1) is 17.8 Å². The maximum atomic E-state index is 12.8. The summed E-state index contributed by atoms with van der Waals surface area (Å²) in [6.07, 6.45) is 1.64. The summed E-state index contributed by atoms with van der Waals surface area (Å²) in [4.78, 5) is 13.8. The van der Waals surface area contributed by atoms with Gasteiger partial charge in [0.1, 0.15) is 22.8 Å². The molecule has 0 atom stereocenters. The van der Waals surface area contributed by atoms with E-state index in [1.54, 1.807) is 30.6 Å². The maximum absolute atomic E-state index is 12.8. The van der Waals surface area contributed by atoms with E-state index in [1.807, 2.05) is 41.8 Å². The van der Waals surface area contributed by atoms with Gasteiger partial charge in [0.2, 0.25) is 0 Å². The molecule has 7 heteroatoms. The Hall–Kier alpha value is -2.83. The van der Waals surface area contributed by atoms with E-state index in [-0.39, 0.29) is 5.91 Å². The molecule has 4 rings (SSSR count). The summed E-state index contributed by atoms with van der Waals surface area (Å²) in [7, 11) is 0. The van der Waals surface area contributed by atoms with Gasteiger partial charge in [-0.1, -0.05) is 35.0 Å². The predicted molar refractivity (Wildman–Crippen MR) is 105 cm³/mol. The normalized spacial score (nSPS) is 10.9. The zero-order valence-electron chi connectivity index (χ0n) is 14.4. The summed E-state index contributed by atoms with van der Waals surface area (Å²) in [6.45, 7) is 2.11. The van der Waals surface area contributed by atoms with Crippen LogP contribution in [0.3, 0.4) is 0 Å². The summed E-state index contributed by atoms with van der Waals surface area (Å²) >= 11 is 7.81. The molecule has 4 aromatic rings. The average Bonchev–Trinajstić information content (AvgIpc) is 3.40. The third-order valence-corrected chi connectivity index (χ3v) is 5.37. The monoisotopic (exact) mass is 398 g/mol. The number of carbonyl (C=O) groups is 1. The van der Waals surface area contributed by atoms with Crippen molar-refractivity contribution in [1.82, 2.24) is 10.5 Å². The molecule has 0 aliphatic heterocycles. The van der Waals surface area contributed by atoms with Crippen LogP contribution in [0.15, 0.2) is 63.0 Å². The highest BCUT2D eigenvalue weighted by Crippen LogP contribution is 2.31. The van der Waals surface area contributed by atoms with Crippen molar-refractivity contribution in [3.05, 3.63) is 75.3 Å². The maximum Gasteiger partial charge on any atom is 0.257 e. The Morgan fingerprint density at radius 2 is 2.11 bits per heavy atom. The SMILES string of the molecule is Cc1onc(-c2ccccc2Cl)c1C(=O)NCc1cc(-c2ccco2)cs1. The van der Waals surface area contributed by atoms with Gasteiger partial charge in [0.15, 0.2) is 0 Å². The molecule has 27 heavy (non-hydrogen) atoms. The summed E-state index contributed by atoms with van der Waals surface area (Å²) < 4.78 is 10.6. The Labute approximate surface area is 164 Å². The van der Waals surface area contributed by atoms with Crippen LogP contribution in [-0.4, -0.2) is 11.1 Å². The Bertz CT molecular complexity index is 1080. The molecule has 0 bridgehead atoms. The topological polar surface area (TPSA) is 68.3 Å². The molecular formula is C20H15ClN2O3S. The highest BCUT2D eigenvalue weighted by molar-refractivity contribution is 7.10. The lowest BCUT2D eigenvalue weighted by molar-refractivity contribution is 0.0950. The molecule has 0 fully saturated rings. The fourth-order valence-corrected chi connectivity index (χ4v) is 3.82. The van der Waals surface area contributed by atoms with Crippen molar-refractivity contribution in [1.29, 1.82) is 0 Å². The molecule has 3 heterocycles. The molecule has 0 unspecified atom stereocenters. The van der Waals surface area contributed by atoms with E-state index < -0.39 is 0 Å². The summed E-state index contributed by atoms with van der Waals surface area (Å²) in [5.74, 6) is 1.00. The zero-order valence-corrected chi connectivity index (χ0v) is 15.9. The van der Waals surface area contributed by atoms with E-state index in [4.69, 9.17) is 20.5 Å². The van der Waals surface area contributed by atoms with Crippen molar-refractivity contribution in [2.45, 2.75) is 13.5 Å². The minimum Gasteiger partial charge on any atom is -0.464 e. The molecule has 0 saturated heterocycles. The number of halogens is 1. The van der Waals surface area contributed by atoms with Crippen molar-refractivity contribution in [3.63, 3.8) is 0 Å². The highest BCUT2D eigenvalue weighted by Gasteiger charge is 2.23. The van der Waals surface area contributed by atoms with Gasteiger partial charge in [-0.05, 0) is 31.2 Å². The number of thiophene rings is 1. The Morgan fingerprint density at radius 1 is 1.26 bits per heavy atom. The minimum atomic E-state index is -0.253. The fourth-order valence-electron chi connectivity index (χ4n) is 2.78. The molecule has 3 aromatic heterocycles. The molecular weight excluding hydrogens is 384 g/mol. The van der Waals surface area contributed by atoms with Crippen molar-refractivity contribution in [2.24, 2.45) is 0 Å². The van der Waals surface area contributed by atoms with Crippen molar-refractivity contribution >= 4 is 28.8 Å². The molecule has 0 spiro atoms. The molecule has 0 radical (unpaired) electrons. The van der Waals surface area contributed by atoms with Crippen LogP contribution < -0.4 is 5.32 Å². The lowest BCUT2D eigenvalue weighted by atomic mass is 10.1. The molecule has 5 nitrogen and oxygen atoms in total. The number of aryl methyl sites for hydroxylation is 1. The molecule has 1 N–H and O–H groups in total. The Balaban J connectivity index is 1.53. The van der Waals surface area contributed by atoms with E-state index in [0.717, 1.165) is 16.2 Å². The second-order valence-electron chi connectivity index (χ2n) is 5.90. The standard InChI is InChI=1S/C20H15ClN2O3S/c1-12-18(19(23-26-12)15-5-2-3-6-16(15)21)20(24)22-10-14-9-13(11-27-14)17-7-4-8-25-17/h2-9,11H,10H2,1H3,(H,22,24). The number of amides is 1. The van der Waals surface area contributed by atoms with Gasteiger partial charge >= 0.3 is 0 Å². The highest BCUT2D eigenvalue weighted by atomic mass is 35.5. The van der Waals surface area contributed by atoms with Gasteiger partial charge in [-0.3, -0.25) is 4.79 Å². The average molecular weight is 399 g/mol. The fraction of sp³-hybridized carbons (Fsp3) is 0.100. The summed E-state index contributed by atoms with van der Waals surface area (Å²) in [5, 5.41) is 9.47. The number of furan rings is 1. The smallest absolute Gasteiger partial charge is 0.257 e. The van der Waals surface area contributed by atoms with E-state index >= 15 is 0 Å². The molecule has 0 aliphatic rings. The van der Waals surface area contributed by atoms with Crippen molar-refractivity contribution in [3.8, 4) is 22.6 Å². The number of nitrogens with one attached hydrogen (secondary N) is 1. The third-order valence-electron chi connectivity index (χ3n) is 4.10. The van der Waals surface area contributed by atoms with Crippen LogP contribution in [0.4, 0.5) is 0 Å². The van der Waals surface area contributed by atoms with Gasteiger partial charge in [-0.2, -0.15) is 0 Å². The number of nitrogens with zero attached hydrogens (tertiary/aromatic N) is 1. The van der Waals surface area contributed by atoms with E-state index in [1.165, 1.54) is 0 Å². The summed E-state index contributed by atoms with van der Waals surface area (Å²) in [6, 6.07) is 13.0. The lowest BCUT2D eigenvalue weighted by Crippen LogP contribution is -2.23. The Morgan fingerprint density at radius 3 is 2.89 bits per heavy atom. The summed E-state index contributed by atoms with van der Waals surface area (Å²) in [5.41, 5.74) is 2.49. The van der Waals surface area contributed by atoms with Gasteiger partial charge < -0.3 is 14.3 Å². The molecule has 1 amide bonds. The van der Waals surface area contributed by atoms with Crippen LogP contribution in [0, 0.1) is 6.92 Å². The van der Waals surface area contributed by atoms with Crippen LogP contribution in [0.1, 0.15) is 21.0 Å². The van der Waals surface area contributed by atoms with E-state index in [9.17, 15) is 4.79 Å². The first-order chi connectivity index (χ1) is 13.1. The second-order valence-corrected chi connectivity index (χ2v) is 7.31. The van der Waals surface area contributed by atoms with Crippen LogP contribution in [0.25, 0.3) is 22.6 Å². The van der Waals surface area contributed by atoms with Gasteiger partial charge in [0.25, 0.3) is 5.91 Å². The lowest BCUT2D eigenvalue weighted by Gasteiger charge is -2.05. The predicted octanol–water partition coefficient (Wildman–Crippen LogP) is 5.55. The number of carbonyl (C=O) groups excluding carboxylic acids is 1. The van der Waals surface area contributed by atoms with Crippen LogP contribution >= 0.6 is 22.9 Å². The first-order valence-corrected chi connectivity index (χ1v) is 9.50. The van der Waals surface area contributed by atoms with Gasteiger partial charge in [-0.25, -0.2) is 0 Å². The van der Waals surface area contributed by atoms with Gasteiger partial charge in [-0.15, -0.1) is 11.3 Å². The van der Waals surface area contributed by atoms with Crippen LogP contribution in [-0.2, 0) is 6.54 Å².